The van der Waals surface area contributed by atoms with Crippen molar-refractivity contribution in [1.82, 2.24) is 9.55 Å². The topological polar surface area (TPSA) is 107 Å². The van der Waals surface area contributed by atoms with Gasteiger partial charge in [-0.2, -0.15) is 0 Å². The second-order valence-corrected chi connectivity index (χ2v) is 8.84. The van der Waals surface area contributed by atoms with E-state index in [1.165, 1.54) is 13.2 Å². The number of benzene rings is 1. The van der Waals surface area contributed by atoms with Crippen molar-refractivity contribution < 1.29 is 19.0 Å². The lowest BCUT2D eigenvalue weighted by Gasteiger charge is -2.21. The number of rotatable bonds is 4. The lowest BCUT2D eigenvalue weighted by atomic mass is 9.85. The van der Waals surface area contributed by atoms with Gasteiger partial charge in [-0.1, -0.05) is 48.1 Å². The lowest BCUT2D eigenvalue weighted by Crippen LogP contribution is -2.26. The number of fused-ring (bicyclic) bond motifs is 4. The molecule has 8 heteroatoms. The van der Waals surface area contributed by atoms with Gasteiger partial charge in [-0.15, -0.1) is 0 Å². The Labute approximate surface area is 237 Å². The molecule has 0 bridgehead atoms. The molecule has 0 spiro atoms. The lowest BCUT2D eigenvalue weighted by molar-refractivity contribution is -0.115. The number of carbonyl (C=O) groups is 1. The summed E-state index contributed by atoms with van der Waals surface area (Å²) in [6.07, 6.45) is 1.54. The fraction of sp³-hybridized carbons (Fsp3) is 0.469. The quantitative estimate of drug-likeness (QED) is 0.286. The van der Waals surface area contributed by atoms with Crippen molar-refractivity contribution in [3.63, 3.8) is 0 Å². The van der Waals surface area contributed by atoms with E-state index in [1.807, 2.05) is 41.5 Å². The Morgan fingerprint density at radius 1 is 1.18 bits per heavy atom. The van der Waals surface area contributed by atoms with Crippen molar-refractivity contribution in [2.45, 2.75) is 93.9 Å². The van der Waals surface area contributed by atoms with Crippen LogP contribution in [0, 0.1) is 12.7 Å². The van der Waals surface area contributed by atoms with E-state index in [1.54, 1.807) is 24.5 Å². The zero-order valence-electron chi connectivity index (χ0n) is 25.6. The van der Waals surface area contributed by atoms with Crippen molar-refractivity contribution in [1.29, 1.82) is 0 Å². The third-order valence-electron chi connectivity index (χ3n) is 6.40. The van der Waals surface area contributed by atoms with E-state index in [9.17, 15) is 19.1 Å². The number of aliphatic hydroxyl groups is 1. The molecule has 0 amide bonds. The maximum atomic E-state index is 14.5. The summed E-state index contributed by atoms with van der Waals surface area (Å²) < 4.78 is 21.3. The van der Waals surface area contributed by atoms with Crippen molar-refractivity contribution in [2.75, 3.05) is 7.11 Å². The average molecular weight is 556 g/mol. The van der Waals surface area contributed by atoms with Crippen LogP contribution in [0.1, 0.15) is 94.4 Å². The SMILES string of the molecule is C=C(C)N.CC.CC.CC.COCc1c(C(O)C=O)cc2n(c1=O)Cc1c-2nc2cc(F)c(C)c3c2c1CCC3. The summed E-state index contributed by atoms with van der Waals surface area (Å²) in [5.41, 5.74) is 11.3. The molecule has 0 saturated carbocycles. The molecular weight excluding hydrogens is 509 g/mol. The molecule has 1 aliphatic heterocycles. The highest BCUT2D eigenvalue weighted by Gasteiger charge is 2.31. The van der Waals surface area contributed by atoms with Crippen LogP contribution in [0.4, 0.5) is 4.39 Å². The Morgan fingerprint density at radius 3 is 2.30 bits per heavy atom. The van der Waals surface area contributed by atoms with Gasteiger partial charge in [-0.25, -0.2) is 9.37 Å². The highest BCUT2D eigenvalue weighted by Crippen LogP contribution is 2.41. The largest absolute Gasteiger partial charge is 0.403 e. The number of aliphatic hydroxyl groups excluding tert-OH is 1. The van der Waals surface area contributed by atoms with Crippen molar-refractivity contribution >= 4 is 17.2 Å². The third kappa shape index (κ3) is 6.85. The second-order valence-electron chi connectivity index (χ2n) is 8.84. The van der Waals surface area contributed by atoms with Gasteiger partial charge < -0.3 is 24.9 Å². The van der Waals surface area contributed by atoms with Crippen LogP contribution in [0.5, 0.6) is 0 Å². The van der Waals surface area contributed by atoms with Crippen LogP contribution in [0.25, 0.3) is 22.3 Å². The first-order chi connectivity index (χ1) is 19.2. The van der Waals surface area contributed by atoms with Gasteiger partial charge >= 0.3 is 0 Å². The molecule has 2 aliphatic rings. The van der Waals surface area contributed by atoms with Crippen LogP contribution in [0.2, 0.25) is 0 Å². The summed E-state index contributed by atoms with van der Waals surface area (Å²) >= 11 is 0. The van der Waals surface area contributed by atoms with E-state index in [0.29, 0.717) is 41.0 Å². The maximum Gasteiger partial charge on any atom is 0.257 e. The molecule has 40 heavy (non-hydrogen) atoms. The summed E-state index contributed by atoms with van der Waals surface area (Å²) in [6, 6.07) is 3.10. The normalized spacial score (nSPS) is 12.5. The van der Waals surface area contributed by atoms with E-state index in [0.717, 1.165) is 41.3 Å². The summed E-state index contributed by atoms with van der Waals surface area (Å²) in [5, 5.41) is 11.2. The molecule has 1 aliphatic carbocycles. The van der Waals surface area contributed by atoms with Gasteiger partial charge in [0.05, 0.1) is 30.1 Å². The molecule has 0 fully saturated rings. The highest BCUT2D eigenvalue weighted by molar-refractivity contribution is 5.92. The number of nitrogens with zero attached hydrogens (tertiary/aromatic N) is 2. The molecule has 0 saturated heterocycles. The highest BCUT2D eigenvalue weighted by atomic mass is 19.1. The number of aromatic nitrogens is 2. The summed E-state index contributed by atoms with van der Waals surface area (Å²) in [7, 11) is 1.46. The Balaban J connectivity index is 0.000000712. The Morgan fingerprint density at radius 2 is 1.75 bits per heavy atom. The second kappa shape index (κ2) is 16.0. The number of hydrogen-bond acceptors (Lipinski definition) is 6. The number of pyridine rings is 2. The first-order valence-electron chi connectivity index (χ1n) is 14.1. The van der Waals surface area contributed by atoms with Gasteiger partial charge in [0.15, 0.2) is 6.29 Å². The monoisotopic (exact) mass is 555 g/mol. The fourth-order valence-electron chi connectivity index (χ4n) is 4.95. The number of methoxy groups -OCH3 is 1. The minimum atomic E-state index is -1.43. The number of hydrogen-bond donors (Lipinski definition) is 2. The molecule has 3 aromatic rings. The van der Waals surface area contributed by atoms with Gasteiger partial charge in [-0.3, -0.25) is 4.79 Å². The molecule has 1 unspecified atom stereocenters. The molecule has 2 aromatic heterocycles. The first kappa shape index (κ1) is 34.7. The van der Waals surface area contributed by atoms with Crippen LogP contribution in [0.3, 0.4) is 0 Å². The van der Waals surface area contributed by atoms with Gasteiger partial charge in [0.25, 0.3) is 5.56 Å². The number of aldehydes is 1. The maximum absolute atomic E-state index is 14.5. The van der Waals surface area contributed by atoms with Crippen LogP contribution in [-0.4, -0.2) is 28.1 Å². The smallest absolute Gasteiger partial charge is 0.257 e. The van der Waals surface area contributed by atoms with Crippen molar-refractivity contribution in [3.8, 4) is 11.4 Å². The number of allylic oxidation sites excluding steroid dienone is 1. The van der Waals surface area contributed by atoms with Gasteiger partial charge in [0.1, 0.15) is 11.9 Å². The van der Waals surface area contributed by atoms with E-state index in [4.69, 9.17) is 15.5 Å². The molecule has 5 rings (SSSR count). The minimum Gasteiger partial charge on any atom is -0.403 e. The molecule has 1 aromatic carbocycles. The predicted octanol–water partition coefficient (Wildman–Crippen LogP) is 6.30. The van der Waals surface area contributed by atoms with E-state index in [2.05, 4.69) is 6.58 Å². The number of nitrogens with two attached hydrogens (primary N) is 1. The molecule has 220 valence electrons. The van der Waals surface area contributed by atoms with E-state index in [-0.39, 0.29) is 29.1 Å². The first-order valence-corrected chi connectivity index (χ1v) is 14.1. The number of carbonyl (C=O) groups excluding carboxylic acids is 1. The minimum absolute atomic E-state index is 0.00743. The van der Waals surface area contributed by atoms with Gasteiger partial charge in [0.2, 0.25) is 0 Å². The Hall–Kier alpha value is -3.36. The predicted molar refractivity (Wildman–Crippen MR) is 162 cm³/mol. The van der Waals surface area contributed by atoms with Crippen molar-refractivity contribution in [2.24, 2.45) is 5.73 Å². The molecule has 3 N–H and O–H groups in total. The van der Waals surface area contributed by atoms with Crippen LogP contribution < -0.4 is 11.3 Å². The molecule has 1 atom stereocenters. The van der Waals surface area contributed by atoms with Crippen molar-refractivity contribution in [3.05, 3.63) is 74.0 Å². The average Bonchev–Trinajstić information content (AvgIpc) is 3.34. The van der Waals surface area contributed by atoms with Gasteiger partial charge in [-0.05, 0) is 61.6 Å². The van der Waals surface area contributed by atoms with Crippen LogP contribution in [-0.2, 0) is 35.5 Å². The molecule has 0 radical (unpaired) electrons. The number of aryl methyl sites for hydroxylation is 2. The van der Waals surface area contributed by atoms with Crippen LogP contribution in [0.15, 0.2) is 29.2 Å². The molecule has 7 nitrogen and oxygen atoms in total. The van der Waals surface area contributed by atoms with E-state index < -0.39 is 6.10 Å². The number of ether oxygens (including phenoxy) is 1. The fourth-order valence-corrected chi connectivity index (χ4v) is 4.95. The zero-order valence-corrected chi connectivity index (χ0v) is 25.6. The molecule has 3 heterocycles. The Kier molecular flexibility index (Phi) is 13.9. The zero-order chi connectivity index (χ0) is 30.7. The standard InChI is InChI=1S/C23H21FN2O4.C3H7N.3C2H6/c1-11-12-4-3-5-13-15-8-26-19(22(15)25-18(21(12)13)7-17(11)24)6-14(20(28)9-27)16(10-30-2)23(26)29;1-3(2)4;3*1-2/h6-7,9,20,28H,3-5,8,10H2,1-2H3;1,4H2,2H3;3*1-2H3. The molecular formula is C32H46FN3O4. The summed E-state index contributed by atoms with van der Waals surface area (Å²) in [6.45, 7) is 19.2. The summed E-state index contributed by atoms with van der Waals surface area (Å²) in [5.74, 6) is -0.277. The third-order valence-corrected chi connectivity index (χ3v) is 6.40. The van der Waals surface area contributed by atoms with Crippen LogP contribution >= 0.6 is 0 Å². The number of halogens is 1. The van der Waals surface area contributed by atoms with E-state index >= 15 is 0 Å². The van der Waals surface area contributed by atoms with Gasteiger partial charge in [0, 0.05) is 35.3 Å². The Bertz CT molecular complexity index is 1390. The summed E-state index contributed by atoms with van der Waals surface area (Å²) in [4.78, 5) is 29.2.